The molecule has 2 rings (SSSR count). The maximum atomic E-state index is 12.7. The number of imide groups is 1. The highest BCUT2D eigenvalue weighted by molar-refractivity contribution is 8.18. The molecule has 1 aliphatic rings. The third-order valence-corrected chi connectivity index (χ3v) is 3.72. The first-order valence-electron chi connectivity index (χ1n) is 6.00. The zero-order chi connectivity index (χ0) is 16.5. The molecule has 8 heteroatoms. The van der Waals surface area contributed by atoms with Crippen molar-refractivity contribution in [3.63, 3.8) is 0 Å². The Labute approximate surface area is 127 Å². The van der Waals surface area contributed by atoms with Gasteiger partial charge in [-0.15, -0.1) is 6.58 Å². The van der Waals surface area contributed by atoms with Crippen molar-refractivity contribution in [3.05, 3.63) is 46.9 Å². The molecular weight excluding hydrogens is 319 g/mol. The second kappa shape index (κ2) is 5.88. The van der Waals surface area contributed by atoms with Crippen molar-refractivity contribution in [2.45, 2.75) is 6.18 Å². The molecule has 0 saturated carbocycles. The summed E-state index contributed by atoms with van der Waals surface area (Å²) in [6, 6.07) is 2.84. The molecule has 0 unspecified atom stereocenters. The van der Waals surface area contributed by atoms with Crippen LogP contribution >= 0.6 is 11.8 Å². The number of carbonyl (C=O) groups is 2. The number of rotatable bonds is 3. The van der Waals surface area contributed by atoms with E-state index in [9.17, 15) is 27.9 Å². The van der Waals surface area contributed by atoms with E-state index in [1.165, 1.54) is 18.2 Å². The molecule has 0 aliphatic carbocycles. The van der Waals surface area contributed by atoms with Gasteiger partial charge in [0, 0.05) is 6.54 Å². The van der Waals surface area contributed by atoms with E-state index < -0.39 is 28.6 Å². The van der Waals surface area contributed by atoms with Crippen molar-refractivity contribution in [2.24, 2.45) is 0 Å². The molecule has 1 aromatic carbocycles. The Morgan fingerprint density at radius 2 is 2.00 bits per heavy atom. The summed E-state index contributed by atoms with van der Waals surface area (Å²) >= 11 is 0.641. The number of alkyl halides is 3. The molecule has 1 heterocycles. The van der Waals surface area contributed by atoms with E-state index in [4.69, 9.17) is 0 Å². The molecule has 0 radical (unpaired) electrons. The molecule has 1 aromatic rings. The van der Waals surface area contributed by atoms with Gasteiger partial charge in [0.05, 0.1) is 10.5 Å². The predicted octanol–water partition coefficient (Wildman–Crippen LogP) is 3.63. The van der Waals surface area contributed by atoms with E-state index in [1.54, 1.807) is 0 Å². The summed E-state index contributed by atoms with van der Waals surface area (Å²) < 4.78 is 38.2. The average Bonchev–Trinajstić information content (AvgIpc) is 2.68. The highest BCUT2D eigenvalue weighted by Crippen LogP contribution is 2.37. The number of aromatic hydroxyl groups is 1. The molecule has 116 valence electrons. The number of amides is 2. The maximum absolute atomic E-state index is 12.7. The zero-order valence-corrected chi connectivity index (χ0v) is 11.9. The van der Waals surface area contributed by atoms with Crippen LogP contribution in [0.3, 0.4) is 0 Å². The van der Waals surface area contributed by atoms with Gasteiger partial charge in [-0.1, -0.05) is 12.1 Å². The number of halogens is 3. The van der Waals surface area contributed by atoms with Crippen LogP contribution in [0.4, 0.5) is 18.0 Å². The lowest BCUT2D eigenvalue weighted by atomic mass is 10.1. The van der Waals surface area contributed by atoms with Gasteiger partial charge in [-0.05, 0) is 35.5 Å². The number of nitrogens with zero attached hydrogens (tertiary/aromatic N) is 1. The molecule has 22 heavy (non-hydrogen) atoms. The lowest BCUT2D eigenvalue weighted by molar-refractivity contribution is -0.138. The van der Waals surface area contributed by atoms with Crippen molar-refractivity contribution in [2.75, 3.05) is 6.54 Å². The first-order chi connectivity index (χ1) is 10.2. The lowest BCUT2D eigenvalue weighted by Gasteiger charge is -2.10. The first kappa shape index (κ1) is 16.2. The highest BCUT2D eigenvalue weighted by Gasteiger charge is 2.35. The van der Waals surface area contributed by atoms with Crippen LogP contribution in [-0.4, -0.2) is 27.7 Å². The molecule has 1 saturated heterocycles. The van der Waals surface area contributed by atoms with Crippen LogP contribution in [-0.2, 0) is 11.0 Å². The van der Waals surface area contributed by atoms with Crippen LogP contribution in [0, 0.1) is 0 Å². The van der Waals surface area contributed by atoms with Gasteiger partial charge in [0.2, 0.25) is 0 Å². The van der Waals surface area contributed by atoms with Crippen molar-refractivity contribution >= 4 is 29.0 Å². The van der Waals surface area contributed by atoms with Gasteiger partial charge in [-0.3, -0.25) is 14.5 Å². The van der Waals surface area contributed by atoms with Gasteiger partial charge in [0.25, 0.3) is 11.1 Å². The number of thioether (sulfide) groups is 1. The topological polar surface area (TPSA) is 57.6 Å². The molecule has 1 N–H and O–H groups in total. The highest BCUT2D eigenvalue weighted by atomic mass is 32.2. The Balaban J connectivity index is 2.37. The average molecular weight is 329 g/mol. The largest absolute Gasteiger partial charge is 0.507 e. The molecule has 2 amide bonds. The maximum Gasteiger partial charge on any atom is 0.419 e. The molecular formula is C14H10F3NO3S. The Morgan fingerprint density at radius 3 is 2.59 bits per heavy atom. The number of hydrogen-bond acceptors (Lipinski definition) is 4. The van der Waals surface area contributed by atoms with E-state index in [0.717, 1.165) is 17.0 Å². The van der Waals surface area contributed by atoms with Crippen LogP contribution in [0.25, 0.3) is 6.08 Å². The summed E-state index contributed by atoms with van der Waals surface area (Å²) in [5.74, 6) is -1.49. The van der Waals surface area contributed by atoms with Crippen molar-refractivity contribution in [1.82, 2.24) is 4.90 Å². The van der Waals surface area contributed by atoms with E-state index >= 15 is 0 Å². The third-order valence-electron chi connectivity index (χ3n) is 2.81. The summed E-state index contributed by atoms with van der Waals surface area (Å²) in [7, 11) is 0. The summed E-state index contributed by atoms with van der Waals surface area (Å²) in [5, 5.41) is 8.74. The van der Waals surface area contributed by atoms with Gasteiger partial charge < -0.3 is 5.11 Å². The Hall–Kier alpha value is -2.22. The number of phenolic OH excluding ortho intramolecular Hbond substituents is 1. The molecule has 1 fully saturated rings. The van der Waals surface area contributed by atoms with Crippen LogP contribution in [0.2, 0.25) is 0 Å². The van der Waals surface area contributed by atoms with Crippen molar-refractivity contribution in [1.29, 1.82) is 0 Å². The van der Waals surface area contributed by atoms with E-state index in [1.807, 2.05) is 0 Å². The minimum atomic E-state index is -4.71. The van der Waals surface area contributed by atoms with Crippen molar-refractivity contribution in [3.8, 4) is 5.75 Å². The summed E-state index contributed by atoms with van der Waals surface area (Å²) in [5.41, 5.74) is -1.14. The quantitative estimate of drug-likeness (QED) is 0.679. The Kier molecular flexibility index (Phi) is 4.32. The number of phenols is 1. The van der Waals surface area contributed by atoms with Crippen molar-refractivity contribution < 1.29 is 27.9 Å². The fourth-order valence-electron chi connectivity index (χ4n) is 1.81. The normalized spacial score (nSPS) is 17.4. The Bertz CT molecular complexity index is 682. The standard InChI is InChI=1S/C14H10F3NO3S/c1-2-5-18-12(20)11(22-13(18)21)7-8-3-4-10(19)9(6-8)14(15,16)17/h2-4,6-7,19H,1,5H2/b11-7-. The number of benzene rings is 1. The molecule has 0 atom stereocenters. The second-order valence-electron chi connectivity index (χ2n) is 4.36. The van der Waals surface area contributed by atoms with E-state index in [-0.39, 0.29) is 17.0 Å². The number of hydrogen-bond donors (Lipinski definition) is 1. The molecule has 0 aromatic heterocycles. The third kappa shape index (κ3) is 3.16. The Morgan fingerprint density at radius 1 is 1.32 bits per heavy atom. The molecule has 1 aliphatic heterocycles. The summed E-state index contributed by atoms with van der Waals surface area (Å²) in [6.07, 6.45) is -2.15. The smallest absolute Gasteiger partial charge is 0.419 e. The first-order valence-corrected chi connectivity index (χ1v) is 6.82. The summed E-state index contributed by atoms with van der Waals surface area (Å²) in [6.45, 7) is 3.46. The minimum absolute atomic E-state index is 0.0191. The van der Waals surface area contributed by atoms with Crippen LogP contribution in [0.5, 0.6) is 5.75 Å². The molecule has 0 bridgehead atoms. The van der Waals surface area contributed by atoms with E-state index in [2.05, 4.69) is 6.58 Å². The second-order valence-corrected chi connectivity index (χ2v) is 5.35. The fraction of sp³-hybridized carbons (Fsp3) is 0.143. The van der Waals surface area contributed by atoms with Crippen LogP contribution in [0.15, 0.2) is 35.8 Å². The van der Waals surface area contributed by atoms with Gasteiger partial charge in [0.15, 0.2) is 0 Å². The van der Waals surface area contributed by atoms with Gasteiger partial charge in [-0.2, -0.15) is 13.2 Å². The van der Waals surface area contributed by atoms with Gasteiger partial charge in [-0.25, -0.2) is 0 Å². The zero-order valence-electron chi connectivity index (χ0n) is 11.1. The fourth-order valence-corrected chi connectivity index (χ4v) is 2.66. The monoisotopic (exact) mass is 329 g/mol. The number of carbonyl (C=O) groups excluding carboxylic acids is 2. The summed E-state index contributed by atoms with van der Waals surface area (Å²) in [4.78, 5) is 24.5. The predicted molar refractivity (Wildman–Crippen MR) is 76.0 cm³/mol. The van der Waals surface area contributed by atoms with Crippen LogP contribution < -0.4 is 0 Å². The van der Waals surface area contributed by atoms with Gasteiger partial charge in [0.1, 0.15) is 5.75 Å². The minimum Gasteiger partial charge on any atom is -0.507 e. The van der Waals surface area contributed by atoms with Gasteiger partial charge >= 0.3 is 6.18 Å². The SMILES string of the molecule is C=CCN1C(=O)S/C(=C\c2ccc(O)c(C(F)(F)F)c2)C1=O. The van der Waals surface area contributed by atoms with Crippen LogP contribution in [0.1, 0.15) is 11.1 Å². The molecule has 0 spiro atoms. The van der Waals surface area contributed by atoms with E-state index in [0.29, 0.717) is 11.8 Å². The molecule has 4 nitrogen and oxygen atoms in total. The lowest BCUT2D eigenvalue weighted by Crippen LogP contribution is -2.27.